The highest BCUT2D eigenvalue weighted by molar-refractivity contribution is 5.72. The lowest BCUT2D eigenvalue weighted by molar-refractivity contribution is -0.137. The number of benzene rings is 2. The monoisotopic (exact) mass is 268 g/mol. The minimum absolute atomic E-state index is 0.230. The van der Waals surface area contributed by atoms with Gasteiger partial charge in [-0.15, -0.1) is 0 Å². The van der Waals surface area contributed by atoms with Crippen molar-refractivity contribution in [2.45, 2.75) is 33.1 Å². The van der Waals surface area contributed by atoms with Crippen LogP contribution in [-0.4, -0.2) is 11.1 Å². The topological polar surface area (TPSA) is 37.3 Å². The third-order valence-corrected chi connectivity index (χ3v) is 3.68. The van der Waals surface area contributed by atoms with Crippen LogP contribution in [0.4, 0.5) is 0 Å². The Hall–Kier alpha value is -2.09. The average Bonchev–Trinajstić information content (AvgIpc) is 2.42. The van der Waals surface area contributed by atoms with E-state index in [4.69, 9.17) is 5.11 Å². The van der Waals surface area contributed by atoms with Crippen molar-refractivity contribution in [2.24, 2.45) is 0 Å². The third kappa shape index (κ3) is 3.27. The van der Waals surface area contributed by atoms with Crippen molar-refractivity contribution in [3.63, 3.8) is 0 Å². The van der Waals surface area contributed by atoms with Crippen LogP contribution in [0.25, 0.3) is 11.1 Å². The molecule has 2 heteroatoms. The van der Waals surface area contributed by atoms with Gasteiger partial charge in [0.1, 0.15) is 0 Å². The highest BCUT2D eigenvalue weighted by atomic mass is 16.4. The van der Waals surface area contributed by atoms with Gasteiger partial charge in [0.2, 0.25) is 0 Å². The first-order valence-corrected chi connectivity index (χ1v) is 6.96. The second kappa shape index (κ2) is 6.38. The van der Waals surface area contributed by atoms with Crippen LogP contribution >= 0.6 is 0 Å². The Kier molecular flexibility index (Phi) is 4.57. The normalized spacial score (nSPS) is 10.5. The van der Waals surface area contributed by atoms with E-state index < -0.39 is 5.97 Å². The lowest BCUT2D eigenvalue weighted by atomic mass is 9.90. The number of aryl methyl sites for hydroxylation is 2. The molecule has 1 N–H and O–H groups in total. The van der Waals surface area contributed by atoms with E-state index in [0.717, 1.165) is 6.42 Å². The summed E-state index contributed by atoms with van der Waals surface area (Å²) in [6.07, 6.45) is 1.74. The van der Waals surface area contributed by atoms with Gasteiger partial charge in [-0.2, -0.15) is 0 Å². The fourth-order valence-electron chi connectivity index (χ4n) is 2.64. The molecule has 0 aliphatic carbocycles. The molecule has 104 valence electrons. The Morgan fingerprint density at radius 1 is 1.05 bits per heavy atom. The van der Waals surface area contributed by atoms with Crippen molar-refractivity contribution in [3.8, 4) is 11.1 Å². The Bertz CT molecular complexity index is 600. The number of carboxylic acid groups (broad SMARTS) is 1. The minimum Gasteiger partial charge on any atom is -0.481 e. The van der Waals surface area contributed by atoms with Gasteiger partial charge in [-0.3, -0.25) is 4.79 Å². The summed E-state index contributed by atoms with van der Waals surface area (Å²) in [6, 6.07) is 14.6. The molecule has 0 unspecified atom stereocenters. The van der Waals surface area contributed by atoms with Gasteiger partial charge in [0.15, 0.2) is 0 Å². The van der Waals surface area contributed by atoms with E-state index >= 15 is 0 Å². The van der Waals surface area contributed by atoms with Gasteiger partial charge in [0.05, 0.1) is 0 Å². The molecule has 0 aliphatic heterocycles. The Labute approximate surface area is 120 Å². The summed E-state index contributed by atoms with van der Waals surface area (Å²) in [7, 11) is 0. The number of carbonyl (C=O) groups is 1. The summed E-state index contributed by atoms with van der Waals surface area (Å²) in [4.78, 5) is 10.6. The van der Waals surface area contributed by atoms with Crippen molar-refractivity contribution >= 4 is 5.97 Å². The van der Waals surface area contributed by atoms with Crippen molar-refractivity contribution in [3.05, 3.63) is 59.2 Å². The molecule has 0 aromatic heterocycles. The van der Waals surface area contributed by atoms with Crippen molar-refractivity contribution in [2.75, 3.05) is 0 Å². The summed E-state index contributed by atoms with van der Waals surface area (Å²) < 4.78 is 0. The van der Waals surface area contributed by atoms with Crippen LogP contribution < -0.4 is 0 Å². The first-order valence-electron chi connectivity index (χ1n) is 6.96. The molecule has 0 aliphatic rings. The molecule has 0 amide bonds. The maximum atomic E-state index is 10.6. The molecule has 0 radical (unpaired) electrons. The molecular formula is C18H20O2. The minimum atomic E-state index is -0.724. The lowest BCUT2D eigenvalue weighted by Gasteiger charge is -2.14. The second-order valence-electron chi connectivity index (χ2n) is 5.15. The van der Waals surface area contributed by atoms with Crippen LogP contribution in [0.15, 0.2) is 42.5 Å². The number of hydrogen-bond donors (Lipinski definition) is 1. The van der Waals surface area contributed by atoms with Gasteiger partial charge < -0.3 is 5.11 Å². The zero-order valence-electron chi connectivity index (χ0n) is 12.0. The molecular weight excluding hydrogens is 248 g/mol. The largest absolute Gasteiger partial charge is 0.481 e. The van der Waals surface area contributed by atoms with Gasteiger partial charge in [-0.25, -0.2) is 0 Å². The van der Waals surface area contributed by atoms with E-state index in [1.807, 2.05) is 18.2 Å². The van der Waals surface area contributed by atoms with Crippen LogP contribution in [0, 0.1) is 13.8 Å². The van der Waals surface area contributed by atoms with Gasteiger partial charge in [0, 0.05) is 6.42 Å². The van der Waals surface area contributed by atoms with Gasteiger partial charge in [-0.05, 0) is 54.5 Å². The maximum Gasteiger partial charge on any atom is 0.303 e. The highest BCUT2D eigenvalue weighted by Gasteiger charge is 2.09. The molecule has 0 spiro atoms. The number of rotatable bonds is 5. The molecule has 20 heavy (non-hydrogen) atoms. The average molecular weight is 268 g/mol. The standard InChI is InChI=1S/C18H20O2/c1-13-11-12-15(9-6-10-17(19)20)14(2)18(13)16-7-4-3-5-8-16/h3-5,7-8,11-12H,6,9-10H2,1-2H3,(H,19,20). The Morgan fingerprint density at radius 3 is 2.40 bits per heavy atom. The van der Waals surface area contributed by atoms with Crippen molar-refractivity contribution in [1.82, 2.24) is 0 Å². The molecule has 2 rings (SSSR count). The first kappa shape index (κ1) is 14.3. The summed E-state index contributed by atoms with van der Waals surface area (Å²) in [6.45, 7) is 4.25. The van der Waals surface area contributed by atoms with Crippen LogP contribution in [0.2, 0.25) is 0 Å². The molecule has 0 heterocycles. The molecule has 0 bridgehead atoms. The number of hydrogen-bond acceptors (Lipinski definition) is 1. The molecule has 2 aromatic rings. The van der Waals surface area contributed by atoms with E-state index in [9.17, 15) is 4.79 Å². The van der Waals surface area contributed by atoms with Crippen molar-refractivity contribution in [1.29, 1.82) is 0 Å². The SMILES string of the molecule is Cc1ccc(CCCC(=O)O)c(C)c1-c1ccccc1. The predicted octanol–water partition coefficient (Wildman–Crippen LogP) is 4.38. The Morgan fingerprint density at radius 2 is 1.75 bits per heavy atom. The molecule has 0 fully saturated rings. The van der Waals surface area contributed by atoms with E-state index in [2.05, 4.69) is 38.1 Å². The third-order valence-electron chi connectivity index (χ3n) is 3.68. The lowest BCUT2D eigenvalue weighted by Crippen LogP contribution is -1.99. The molecule has 0 saturated carbocycles. The van der Waals surface area contributed by atoms with Gasteiger partial charge in [-0.1, -0.05) is 42.5 Å². The number of carboxylic acids is 1. The smallest absolute Gasteiger partial charge is 0.303 e. The van der Waals surface area contributed by atoms with E-state index in [1.54, 1.807) is 0 Å². The van der Waals surface area contributed by atoms with Gasteiger partial charge >= 0.3 is 5.97 Å². The molecule has 0 atom stereocenters. The molecule has 2 nitrogen and oxygen atoms in total. The quantitative estimate of drug-likeness (QED) is 0.873. The van der Waals surface area contributed by atoms with Crippen LogP contribution in [0.5, 0.6) is 0 Å². The first-order chi connectivity index (χ1) is 9.59. The fourth-order valence-corrected chi connectivity index (χ4v) is 2.64. The summed E-state index contributed by atoms with van der Waals surface area (Å²) in [5.74, 6) is -0.724. The predicted molar refractivity (Wildman–Crippen MR) is 81.9 cm³/mol. The van der Waals surface area contributed by atoms with Crippen LogP contribution in [0.3, 0.4) is 0 Å². The Balaban J connectivity index is 2.31. The molecule has 0 saturated heterocycles. The molecule has 2 aromatic carbocycles. The van der Waals surface area contributed by atoms with E-state index in [1.165, 1.54) is 27.8 Å². The highest BCUT2D eigenvalue weighted by Crippen LogP contribution is 2.29. The fraction of sp³-hybridized carbons (Fsp3) is 0.278. The second-order valence-corrected chi connectivity index (χ2v) is 5.15. The van der Waals surface area contributed by atoms with Crippen LogP contribution in [0.1, 0.15) is 29.5 Å². The van der Waals surface area contributed by atoms with Crippen LogP contribution in [-0.2, 0) is 11.2 Å². The van der Waals surface area contributed by atoms with E-state index in [0.29, 0.717) is 6.42 Å². The van der Waals surface area contributed by atoms with E-state index in [-0.39, 0.29) is 6.42 Å². The van der Waals surface area contributed by atoms with Gasteiger partial charge in [0.25, 0.3) is 0 Å². The summed E-state index contributed by atoms with van der Waals surface area (Å²) >= 11 is 0. The zero-order valence-corrected chi connectivity index (χ0v) is 12.0. The zero-order chi connectivity index (χ0) is 14.5. The van der Waals surface area contributed by atoms with Crippen molar-refractivity contribution < 1.29 is 9.90 Å². The summed E-state index contributed by atoms with van der Waals surface area (Å²) in [5.41, 5.74) is 6.27. The maximum absolute atomic E-state index is 10.6. The number of aliphatic carboxylic acids is 1. The summed E-state index contributed by atoms with van der Waals surface area (Å²) in [5, 5.41) is 8.74.